The first-order valence-corrected chi connectivity index (χ1v) is 9.00. The molecule has 1 aromatic carbocycles. The highest BCUT2D eigenvalue weighted by molar-refractivity contribution is 8.27. The van der Waals surface area contributed by atoms with Crippen molar-refractivity contribution in [2.24, 2.45) is 4.99 Å². The Balaban J connectivity index is 2.39. The maximum Gasteiger partial charge on any atom is 0.250 e. The highest BCUT2D eigenvalue weighted by Gasteiger charge is 2.35. The van der Waals surface area contributed by atoms with Gasteiger partial charge >= 0.3 is 0 Å². The second kappa shape index (κ2) is 6.11. The molecular weight excluding hydrogens is 314 g/mol. The van der Waals surface area contributed by atoms with Gasteiger partial charge in [-0.25, -0.2) is 12.7 Å². The van der Waals surface area contributed by atoms with Crippen LogP contribution in [0.3, 0.4) is 0 Å². The Morgan fingerprint density at radius 1 is 1.45 bits per heavy atom. The van der Waals surface area contributed by atoms with Gasteiger partial charge in [0.1, 0.15) is 5.08 Å². The smallest absolute Gasteiger partial charge is 0.250 e. The molecule has 0 amide bonds. The lowest BCUT2D eigenvalue weighted by molar-refractivity contribution is 0.540. The fourth-order valence-electron chi connectivity index (χ4n) is 1.57. The fourth-order valence-corrected chi connectivity index (χ4v) is 4.88. The molecule has 1 saturated heterocycles. The summed E-state index contributed by atoms with van der Waals surface area (Å²) in [5, 5.41) is 0.772. The molecule has 1 aliphatic rings. The van der Waals surface area contributed by atoms with Gasteiger partial charge in [-0.2, -0.15) is 4.99 Å². The molecule has 108 valence electrons. The van der Waals surface area contributed by atoms with Crippen LogP contribution in [0.15, 0.2) is 35.3 Å². The van der Waals surface area contributed by atoms with Gasteiger partial charge in [0.25, 0.3) is 10.0 Å². The molecule has 0 spiro atoms. The van der Waals surface area contributed by atoms with E-state index >= 15 is 0 Å². The van der Waals surface area contributed by atoms with Crippen LogP contribution >= 0.6 is 24.0 Å². The van der Waals surface area contributed by atoms with Crippen molar-refractivity contribution in [3.05, 3.63) is 30.3 Å². The number of amidine groups is 1. The van der Waals surface area contributed by atoms with Crippen molar-refractivity contribution in [3.63, 3.8) is 0 Å². The van der Waals surface area contributed by atoms with Crippen LogP contribution in [-0.2, 0) is 10.0 Å². The summed E-state index contributed by atoms with van der Waals surface area (Å²) >= 11 is 6.38. The molecule has 0 aromatic heterocycles. The zero-order valence-corrected chi connectivity index (χ0v) is 13.6. The van der Waals surface area contributed by atoms with Gasteiger partial charge in [-0.15, -0.1) is 0 Å². The predicted molar refractivity (Wildman–Crippen MR) is 88.6 cm³/mol. The number of benzene rings is 1. The number of hydrogen-bond donors (Lipinski definition) is 0. The van der Waals surface area contributed by atoms with Crippen LogP contribution in [0.4, 0.5) is 5.69 Å². The standard InChI is InChI=1S/C12H15N3O2S3/c1-3-14(2)11(18)13-12-15(20(16,17)9-19-12)10-7-5-4-6-8-10/h4-8H,3,9H2,1-2H3/b13-12-. The van der Waals surface area contributed by atoms with Crippen LogP contribution in [0.5, 0.6) is 0 Å². The van der Waals surface area contributed by atoms with Crippen LogP contribution in [0, 0.1) is 0 Å². The number of sulfonamides is 1. The zero-order chi connectivity index (χ0) is 14.8. The lowest BCUT2D eigenvalue weighted by Gasteiger charge is -2.19. The third-order valence-corrected chi connectivity index (χ3v) is 6.43. The molecular formula is C12H15N3O2S3. The molecule has 0 aliphatic carbocycles. The average molecular weight is 329 g/mol. The summed E-state index contributed by atoms with van der Waals surface area (Å²) in [4.78, 5) is 6.07. The third-order valence-electron chi connectivity index (χ3n) is 2.77. The van der Waals surface area contributed by atoms with E-state index in [0.717, 1.165) is 6.54 Å². The van der Waals surface area contributed by atoms with E-state index < -0.39 is 10.0 Å². The average Bonchev–Trinajstić information content (AvgIpc) is 2.73. The van der Waals surface area contributed by atoms with E-state index in [0.29, 0.717) is 16.0 Å². The Hall–Kier alpha value is -1.12. The number of rotatable bonds is 2. The minimum absolute atomic E-state index is 0.0147. The van der Waals surface area contributed by atoms with Crippen molar-refractivity contribution in [3.8, 4) is 0 Å². The molecule has 0 radical (unpaired) electrons. The van der Waals surface area contributed by atoms with Crippen molar-refractivity contribution in [2.45, 2.75) is 6.92 Å². The third kappa shape index (κ3) is 3.13. The van der Waals surface area contributed by atoms with Gasteiger partial charge in [-0.1, -0.05) is 30.0 Å². The number of thiocarbonyl (C=S) groups is 1. The van der Waals surface area contributed by atoms with Gasteiger partial charge < -0.3 is 4.90 Å². The highest BCUT2D eigenvalue weighted by Crippen LogP contribution is 2.31. The van der Waals surface area contributed by atoms with Crippen molar-refractivity contribution in [1.29, 1.82) is 0 Å². The monoisotopic (exact) mass is 329 g/mol. The van der Waals surface area contributed by atoms with E-state index in [-0.39, 0.29) is 5.08 Å². The maximum atomic E-state index is 12.2. The summed E-state index contributed by atoms with van der Waals surface area (Å²) in [6, 6.07) is 8.91. The zero-order valence-electron chi connectivity index (χ0n) is 11.2. The van der Waals surface area contributed by atoms with Gasteiger partial charge in [0.2, 0.25) is 0 Å². The molecule has 1 aromatic rings. The van der Waals surface area contributed by atoms with Gasteiger partial charge in [0, 0.05) is 13.6 Å². The Morgan fingerprint density at radius 3 is 2.70 bits per heavy atom. The second-order valence-corrected chi connectivity index (χ2v) is 7.66. The molecule has 1 aliphatic heterocycles. The van der Waals surface area contributed by atoms with E-state index in [1.54, 1.807) is 29.2 Å². The Kier molecular flexibility index (Phi) is 4.66. The molecule has 1 fully saturated rings. The number of nitrogens with zero attached hydrogens (tertiary/aromatic N) is 3. The Labute approximate surface area is 128 Å². The van der Waals surface area contributed by atoms with E-state index in [4.69, 9.17) is 12.2 Å². The molecule has 0 bridgehead atoms. The van der Waals surface area contributed by atoms with Gasteiger partial charge in [0.05, 0.1) is 5.69 Å². The summed E-state index contributed by atoms with van der Waals surface area (Å²) in [7, 11) is -1.55. The van der Waals surface area contributed by atoms with Gasteiger partial charge in [-0.3, -0.25) is 0 Å². The lowest BCUT2D eigenvalue weighted by atomic mass is 10.3. The lowest BCUT2D eigenvalue weighted by Crippen LogP contribution is -2.31. The summed E-state index contributed by atoms with van der Waals surface area (Å²) < 4.78 is 25.6. The van der Waals surface area contributed by atoms with Crippen molar-refractivity contribution in [1.82, 2.24) is 4.90 Å². The molecule has 5 nitrogen and oxygen atoms in total. The van der Waals surface area contributed by atoms with E-state index in [1.807, 2.05) is 20.0 Å². The number of anilines is 1. The molecule has 2 rings (SSSR count). The van der Waals surface area contributed by atoms with Gasteiger partial charge in [-0.05, 0) is 31.3 Å². The maximum absolute atomic E-state index is 12.2. The van der Waals surface area contributed by atoms with Crippen molar-refractivity contribution >= 4 is 50.0 Å². The van der Waals surface area contributed by atoms with E-state index in [1.165, 1.54) is 16.1 Å². The van der Waals surface area contributed by atoms with E-state index in [2.05, 4.69) is 4.99 Å². The van der Waals surface area contributed by atoms with Crippen LogP contribution in [0.25, 0.3) is 0 Å². The first kappa shape index (κ1) is 15.3. The SMILES string of the molecule is CCN(C)C(=S)/N=C1\SCS(=O)(=O)N1c1ccccc1. The first-order valence-electron chi connectivity index (χ1n) is 6.00. The van der Waals surface area contributed by atoms with Crippen LogP contribution in [-0.4, -0.2) is 42.3 Å². The predicted octanol–water partition coefficient (Wildman–Crippen LogP) is 2.12. The number of thioether (sulfide) groups is 1. The van der Waals surface area contributed by atoms with Crippen molar-refractivity contribution in [2.75, 3.05) is 23.0 Å². The number of hydrogen-bond acceptors (Lipinski definition) is 4. The Morgan fingerprint density at radius 2 is 2.10 bits per heavy atom. The van der Waals surface area contributed by atoms with Crippen LogP contribution < -0.4 is 4.31 Å². The largest absolute Gasteiger partial charge is 0.351 e. The highest BCUT2D eigenvalue weighted by atomic mass is 32.3. The first-order chi connectivity index (χ1) is 9.45. The number of aliphatic imine (C=N–C) groups is 1. The molecule has 0 atom stereocenters. The molecule has 1 heterocycles. The fraction of sp³-hybridized carbons (Fsp3) is 0.333. The molecule has 0 saturated carbocycles. The van der Waals surface area contributed by atoms with Crippen molar-refractivity contribution < 1.29 is 8.42 Å². The number of para-hydroxylation sites is 1. The van der Waals surface area contributed by atoms with Crippen LogP contribution in [0.2, 0.25) is 0 Å². The normalized spacial score (nSPS) is 19.3. The summed E-state index contributed by atoms with van der Waals surface area (Å²) in [6.45, 7) is 2.68. The second-order valence-electron chi connectivity index (χ2n) is 4.17. The topological polar surface area (TPSA) is 53.0 Å². The van der Waals surface area contributed by atoms with Gasteiger partial charge in [0.15, 0.2) is 10.3 Å². The minimum atomic E-state index is -3.38. The molecule has 8 heteroatoms. The summed E-state index contributed by atoms with van der Waals surface area (Å²) in [5.74, 6) is 0. The minimum Gasteiger partial charge on any atom is -0.351 e. The summed E-state index contributed by atoms with van der Waals surface area (Å²) in [5.41, 5.74) is 0.582. The molecule has 0 unspecified atom stereocenters. The Bertz CT molecular complexity index is 629. The molecule has 0 N–H and O–H groups in total. The molecule has 20 heavy (non-hydrogen) atoms. The van der Waals surface area contributed by atoms with Crippen LogP contribution in [0.1, 0.15) is 6.92 Å². The van der Waals surface area contributed by atoms with E-state index in [9.17, 15) is 8.42 Å². The quantitative estimate of drug-likeness (QED) is 0.778. The summed E-state index contributed by atoms with van der Waals surface area (Å²) in [6.07, 6.45) is 0.